The number of likely N-dealkylation sites (N-methyl/N-ethyl adjacent to an activating group) is 1. The predicted octanol–water partition coefficient (Wildman–Crippen LogP) is 3.79. The lowest BCUT2D eigenvalue weighted by Crippen LogP contribution is -2.48. The molecule has 5 nitrogen and oxygen atoms in total. The average molecular weight is 415 g/mol. The van der Waals surface area contributed by atoms with Gasteiger partial charge in [0.25, 0.3) is 0 Å². The molecule has 29 heavy (non-hydrogen) atoms. The molecule has 156 valence electrons. The first-order chi connectivity index (χ1) is 13.9. The maximum atomic E-state index is 13.0. The SMILES string of the molecule is CCNC(=O)[C@H](C)N(Cc1cccc(OC)c1)C(=O)CSCc1cccc(C)c1. The predicted molar refractivity (Wildman–Crippen MR) is 119 cm³/mol. The van der Waals surface area contributed by atoms with Crippen LogP contribution in [0.25, 0.3) is 0 Å². The fourth-order valence-electron chi connectivity index (χ4n) is 3.01. The molecule has 0 saturated carbocycles. The van der Waals surface area contributed by atoms with Crippen LogP contribution < -0.4 is 10.1 Å². The molecule has 6 heteroatoms. The summed E-state index contributed by atoms with van der Waals surface area (Å²) in [5.74, 6) is 1.61. The van der Waals surface area contributed by atoms with Crippen molar-refractivity contribution in [3.63, 3.8) is 0 Å². The van der Waals surface area contributed by atoms with Gasteiger partial charge in [-0.25, -0.2) is 0 Å². The van der Waals surface area contributed by atoms with Gasteiger partial charge in [0, 0.05) is 18.8 Å². The fourth-order valence-corrected chi connectivity index (χ4v) is 3.87. The van der Waals surface area contributed by atoms with E-state index in [-0.39, 0.29) is 11.8 Å². The lowest BCUT2D eigenvalue weighted by atomic mass is 10.1. The normalized spacial score (nSPS) is 11.6. The highest BCUT2D eigenvalue weighted by Crippen LogP contribution is 2.19. The second-order valence-corrected chi connectivity index (χ2v) is 7.91. The lowest BCUT2D eigenvalue weighted by Gasteiger charge is -2.28. The van der Waals surface area contributed by atoms with Gasteiger partial charge in [-0.05, 0) is 44.0 Å². The zero-order valence-electron chi connectivity index (χ0n) is 17.6. The molecule has 2 rings (SSSR count). The standard InChI is InChI=1S/C23H30N2O3S/c1-5-24-23(27)18(3)25(14-19-9-7-11-21(13-19)28-4)22(26)16-29-15-20-10-6-8-17(2)12-20/h6-13,18H,5,14-16H2,1-4H3,(H,24,27)/t18-/m0/s1. The van der Waals surface area contributed by atoms with Crippen LogP contribution in [-0.4, -0.2) is 42.2 Å². The molecule has 0 bridgehead atoms. The van der Waals surface area contributed by atoms with Gasteiger partial charge in [0.1, 0.15) is 11.8 Å². The lowest BCUT2D eigenvalue weighted by molar-refractivity contribution is -0.138. The minimum absolute atomic E-state index is 0.0516. The molecule has 0 saturated heterocycles. The summed E-state index contributed by atoms with van der Waals surface area (Å²) < 4.78 is 5.28. The third-order valence-corrected chi connectivity index (χ3v) is 5.57. The summed E-state index contributed by atoms with van der Waals surface area (Å²) in [7, 11) is 1.61. The van der Waals surface area contributed by atoms with Crippen LogP contribution in [0.15, 0.2) is 48.5 Å². The third-order valence-electron chi connectivity index (χ3n) is 4.58. The van der Waals surface area contributed by atoms with Gasteiger partial charge in [-0.15, -0.1) is 11.8 Å². The van der Waals surface area contributed by atoms with E-state index in [4.69, 9.17) is 4.74 Å². The van der Waals surface area contributed by atoms with Gasteiger partial charge in [-0.1, -0.05) is 42.0 Å². The number of ether oxygens (including phenoxy) is 1. The second kappa shape index (κ2) is 11.5. The second-order valence-electron chi connectivity index (χ2n) is 6.93. The Morgan fingerprint density at radius 1 is 1.14 bits per heavy atom. The Kier molecular flexibility index (Phi) is 9.06. The molecule has 0 heterocycles. The van der Waals surface area contributed by atoms with Gasteiger partial charge in [0.05, 0.1) is 12.9 Å². The van der Waals surface area contributed by atoms with E-state index in [1.54, 1.807) is 30.7 Å². The first-order valence-electron chi connectivity index (χ1n) is 9.78. The van der Waals surface area contributed by atoms with Gasteiger partial charge in [0.15, 0.2) is 0 Å². The van der Waals surface area contributed by atoms with Crippen LogP contribution in [0.3, 0.4) is 0 Å². The maximum Gasteiger partial charge on any atom is 0.242 e. The van der Waals surface area contributed by atoms with Gasteiger partial charge >= 0.3 is 0 Å². The molecule has 1 atom stereocenters. The van der Waals surface area contributed by atoms with Crippen molar-refractivity contribution in [1.29, 1.82) is 0 Å². The molecular formula is C23H30N2O3S. The molecular weight excluding hydrogens is 384 g/mol. The number of nitrogens with one attached hydrogen (secondary N) is 1. The number of benzene rings is 2. The summed E-state index contributed by atoms with van der Waals surface area (Å²) in [6.07, 6.45) is 0. The van der Waals surface area contributed by atoms with E-state index >= 15 is 0 Å². The van der Waals surface area contributed by atoms with Crippen LogP contribution in [0.2, 0.25) is 0 Å². The van der Waals surface area contributed by atoms with E-state index in [0.29, 0.717) is 18.8 Å². The number of hydrogen-bond acceptors (Lipinski definition) is 4. The van der Waals surface area contributed by atoms with Crippen LogP contribution in [0.4, 0.5) is 0 Å². The number of methoxy groups -OCH3 is 1. The monoisotopic (exact) mass is 414 g/mol. The number of amides is 2. The number of carbonyl (C=O) groups excluding carboxylic acids is 2. The van der Waals surface area contributed by atoms with Crippen molar-refractivity contribution in [3.8, 4) is 5.75 Å². The van der Waals surface area contributed by atoms with E-state index in [1.165, 1.54) is 11.1 Å². The van der Waals surface area contributed by atoms with Gasteiger partial charge in [-0.3, -0.25) is 9.59 Å². The van der Waals surface area contributed by atoms with Crippen molar-refractivity contribution < 1.29 is 14.3 Å². The topological polar surface area (TPSA) is 58.6 Å². The largest absolute Gasteiger partial charge is 0.497 e. The minimum atomic E-state index is -0.548. The van der Waals surface area contributed by atoms with Gasteiger partial charge in [-0.2, -0.15) is 0 Å². The van der Waals surface area contributed by atoms with E-state index in [1.807, 2.05) is 37.3 Å². The number of aryl methyl sites for hydroxylation is 1. The number of rotatable bonds is 10. The summed E-state index contributed by atoms with van der Waals surface area (Å²) in [6.45, 7) is 6.60. The molecule has 0 aliphatic carbocycles. The Morgan fingerprint density at radius 3 is 2.55 bits per heavy atom. The highest BCUT2D eigenvalue weighted by molar-refractivity contribution is 7.99. The van der Waals surface area contributed by atoms with E-state index < -0.39 is 6.04 Å². The molecule has 0 aromatic heterocycles. The fraction of sp³-hybridized carbons (Fsp3) is 0.391. The summed E-state index contributed by atoms with van der Waals surface area (Å²) in [4.78, 5) is 27.0. The molecule has 0 radical (unpaired) electrons. The quantitative estimate of drug-likeness (QED) is 0.643. The smallest absolute Gasteiger partial charge is 0.242 e. The van der Waals surface area contributed by atoms with E-state index in [0.717, 1.165) is 17.1 Å². The van der Waals surface area contributed by atoms with E-state index in [9.17, 15) is 9.59 Å². The number of carbonyl (C=O) groups is 2. The van der Waals surface area contributed by atoms with E-state index in [2.05, 4.69) is 30.4 Å². The Balaban J connectivity index is 2.08. The van der Waals surface area contributed by atoms with Crippen LogP contribution in [-0.2, 0) is 21.9 Å². The van der Waals surface area contributed by atoms with Gasteiger partial charge < -0.3 is 15.0 Å². The molecule has 0 aliphatic heterocycles. The highest BCUT2D eigenvalue weighted by atomic mass is 32.2. The number of hydrogen-bond donors (Lipinski definition) is 1. The third kappa shape index (κ3) is 7.13. The molecule has 2 aromatic carbocycles. The zero-order valence-corrected chi connectivity index (χ0v) is 18.4. The average Bonchev–Trinajstić information content (AvgIpc) is 2.71. The maximum absolute atomic E-state index is 13.0. The summed E-state index contributed by atoms with van der Waals surface area (Å²) in [5.41, 5.74) is 3.33. The number of nitrogens with zero attached hydrogens (tertiary/aromatic N) is 1. The van der Waals surface area contributed by atoms with Crippen LogP contribution >= 0.6 is 11.8 Å². The Labute approximate surface area is 177 Å². The first-order valence-corrected chi connectivity index (χ1v) is 10.9. The summed E-state index contributed by atoms with van der Waals surface area (Å²) in [5, 5.41) is 2.81. The van der Waals surface area contributed by atoms with Crippen molar-refractivity contribution >= 4 is 23.6 Å². The number of thioether (sulfide) groups is 1. The van der Waals surface area contributed by atoms with Crippen molar-refractivity contribution in [1.82, 2.24) is 10.2 Å². The molecule has 0 fully saturated rings. The molecule has 0 unspecified atom stereocenters. The molecule has 2 aromatic rings. The van der Waals surface area contributed by atoms with Gasteiger partial charge in [0.2, 0.25) is 11.8 Å². The van der Waals surface area contributed by atoms with Crippen LogP contribution in [0, 0.1) is 6.92 Å². The molecule has 2 amide bonds. The van der Waals surface area contributed by atoms with Crippen molar-refractivity contribution in [2.75, 3.05) is 19.4 Å². The summed E-state index contributed by atoms with van der Waals surface area (Å²) >= 11 is 1.56. The highest BCUT2D eigenvalue weighted by Gasteiger charge is 2.25. The molecule has 1 N–H and O–H groups in total. The van der Waals surface area contributed by atoms with Crippen molar-refractivity contribution in [2.45, 2.75) is 39.1 Å². The van der Waals surface area contributed by atoms with Crippen LogP contribution in [0.1, 0.15) is 30.5 Å². The summed E-state index contributed by atoms with van der Waals surface area (Å²) in [6, 6.07) is 15.3. The minimum Gasteiger partial charge on any atom is -0.497 e. The zero-order chi connectivity index (χ0) is 21.2. The molecule has 0 spiro atoms. The van der Waals surface area contributed by atoms with Crippen molar-refractivity contribution in [2.24, 2.45) is 0 Å². The van der Waals surface area contributed by atoms with Crippen molar-refractivity contribution in [3.05, 3.63) is 65.2 Å². The molecule has 0 aliphatic rings. The Morgan fingerprint density at radius 2 is 1.86 bits per heavy atom. The first kappa shape index (κ1) is 22.8. The van der Waals surface area contributed by atoms with Crippen LogP contribution in [0.5, 0.6) is 5.75 Å². The Bertz CT molecular complexity index is 825. The Hall–Kier alpha value is -2.47.